The highest BCUT2D eigenvalue weighted by molar-refractivity contribution is 5.96. The highest BCUT2D eigenvalue weighted by Crippen LogP contribution is 2.16. The van der Waals surface area contributed by atoms with Gasteiger partial charge in [0.15, 0.2) is 0 Å². The average Bonchev–Trinajstić information content (AvgIpc) is 2.96. The highest BCUT2D eigenvalue weighted by atomic mass is 14.9. The second kappa shape index (κ2) is 2.64. The van der Waals surface area contributed by atoms with Gasteiger partial charge in [-0.15, -0.1) is 0 Å². The molecule has 0 radical (unpaired) electrons. The molecule has 2 aromatic rings. The van der Waals surface area contributed by atoms with Gasteiger partial charge in [0.25, 0.3) is 0 Å². The van der Waals surface area contributed by atoms with Crippen LogP contribution in [0.3, 0.4) is 0 Å². The Morgan fingerprint density at radius 2 is 1.88 bits per heavy atom. The van der Waals surface area contributed by atoms with E-state index in [4.69, 9.17) is 0 Å². The van der Waals surface area contributed by atoms with Crippen LogP contribution in [-0.2, 0) is 0 Å². The molecule has 3 heteroatoms. The number of hydrogen-bond acceptors (Lipinski definition) is 3. The Hall–Kier alpha value is -2.29. The Morgan fingerprint density at radius 1 is 0.938 bits per heavy atom. The molecule has 0 N–H and O–H groups in total. The largest absolute Gasteiger partial charge is 0.263 e. The molecule has 2 aromatic carbocycles. The van der Waals surface area contributed by atoms with Gasteiger partial charge in [-0.1, -0.05) is 18.2 Å². The predicted octanol–water partition coefficient (Wildman–Crippen LogP) is 1.30. The molecule has 74 valence electrons. The van der Waals surface area contributed by atoms with Crippen LogP contribution in [0.5, 0.6) is 0 Å². The van der Waals surface area contributed by atoms with Gasteiger partial charge in [-0.25, -0.2) is 9.98 Å². The summed E-state index contributed by atoms with van der Waals surface area (Å²) in [5.74, 6) is 0. The maximum atomic E-state index is 4.31. The lowest BCUT2D eigenvalue weighted by atomic mass is 10.0. The maximum absolute atomic E-state index is 4.31. The van der Waals surface area contributed by atoms with Gasteiger partial charge in [0.2, 0.25) is 0 Å². The van der Waals surface area contributed by atoms with Crippen molar-refractivity contribution in [3.05, 3.63) is 40.4 Å². The number of aliphatic imine (C=N–C) groups is 2. The minimum Gasteiger partial charge on any atom is -0.263 e. The van der Waals surface area contributed by atoms with Gasteiger partial charge in [-0.3, -0.25) is 4.99 Å². The highest BCUT2D eigenvalue weighted by Gasteiger charge is 2.08. The Kier molecular flexibility index (Phi) is 1.31. The van der Waals surface area contributed by atoms with Crippen molar-refractivity contribution in [3.8, 4) is 0 Å². The molecular weight excluding hydrogens is 198 g/mol. The number of rotatable bonds is 0. The zero-order valence-corrected chi connectivity index (χ0v) is 8.38. The van der Waals surface area contributed by atoms with E-state index in [0.717, 1.165) is 16.4 Å². The van der Waals surface area contributed by atoms with Gasteiger partial charge < -0.3 is 0 Å². The zero-order valence-electron chi connectivity index (χ0n) is 8.38. The van der Waals surface area contributed by atoms with Gasteiger partial charge >= 0.3 is 0 Å². The minimum atomic E-state index is 0.950. The van der Waals surface area contributed by atoms with E-state index in [1.165, 1.54) is 16.2 Å². The van der Waals surface area contributed by atoms with Crippen molar-refractivity contribution in [2.75, 3.05) is 0 Å². The van der Waals surface area contributed by atoms with Crippen LogP contribution in [0.2, 0.25) is 0 Å². The van der Waals surface area contributed by atoms with Crippen LogP contribution in [0.1, 0.15) is 5.56 Å². The fraction of sp³-hybridized carbons (Fsp3) is 0. The zero-order chi connectivity index (χ0) is 10.5. The van der Waals surface area contributed by atoms with E-state index in [-0.39, 0.29) is 0 Å². The molecule has 0 amide bonds. The summed E-state index contributed by atoms with van der Waals surface area (Å²) in [4.78, 5) is 12.7. The van der Waals surface area contributed by atoms with E-state index >= 15 is 0 Å². The molecule has 0 atom stereocenters. The van der Waals surface area contributed by atoms with Crippen LogP contribution in [0.4, 0.5) is 5.69 Å². The van der Waals surface area contributed by atoms with Crippen LogP contribution in [0.25, 0.3) is 17.0 Å². The van der Waals surface area contributed by atoms with E-state index in [1.54, 1.807) is 6.34 Å². The number of hydrogen-bond donors (Lipinski definition) is 0. The van der Waals surface area contributed by atoms with Crippen molar-refractivity contribution >= 4 is 35.2 Å². The minimum absolute atomic E-state index is 0.950. The molecule has 0 aromatic heterocycles. The van der Waals surface area contributed by atoms with Crippen LogP contribution in [0.15, 0.2) is 39.2 Å². The van der Waals surface area contributed by atoms with E-state index < -0.39 is 0 Å². The molecule has 2 aliphatic heterocycles. The summed E-state index contributed by atoms with van der Waals surface area (Å²) in [6.07, 6.45) is 5.40. The molecule has 0 saturated carbocycles. The van der Waals surface area contributed by atoms with Gasteiger partial charge in [0, 0.05) is 28.6 Å². The molecule has 3 nitrogen and oxygen atoms in total. The number of nitrogens with zero attached hydrogens (tertiary/aromatic N) is 3. The number of benzene rings is 2. The van der Waals surface area contributed by atoms with Gasteiger partial charge in [0.1, 0.15) is 6.34 Å². The molecule has 4 rings (SSSR count). The molecule has 0 fully saturated rings. The third kappa shape index (κ3) is 0.852. The molecule has 0 saturated heterocycles. The Bertz CT molecular complexity index is 729. The quantitative estimate of drug-likeness (QED) is 0.621. The lowest BCUT2D eigenvalue weighted by Gasteiger charge is -2.00. The van der Waals surface area contributed by atoms with Crippen molar-refractivity contribution < 1.29 is 0 Å². The molecular formula is C13H7N3. The maximum Gasteiger partial charge on any atom is 0.116 e. The Labute approximate surface area is 91.2 Å². The van der Waals surface area contributed by atoms with Crippen LogP contribution in [0, 0.1) is 0 Å². The van der Waals surface area contributed by atoms with Crippen molar-refractivity contribution in [3.63, 3.8) is 0 Å². The fourth-order valence-electron chi connectivity index (χ4n) is 2.26. The third-order valence-corrected chi connectivity index (χ3v) is 3.03. The molecule has 2 heterocycles. The van der Waals surface area contributed by atoms with Gasteiger partial charge in [0.05, 0.1) is 11.0 Å². The topological polar surface area (TPSA) is 37.1 Å². The van der Waals surface area contributed by atoms with Crippen LogP contribution < -0.4 is 10.6 Å². The standard InChI is InChI=1S/C13H7N3/c1-2-10-9(11-6-14-5-8(1)11)3-4-12-13(10)16-7-15-12/h1-7H. The van der Waals surface area contributed by atoms with E-state index in [1.807, 2.05) is 18.5 Å². The molecule has 0 bridgehead atoms. The summed E-state index contributed by atoms with van der Waals surface area (Å²) < 4.78 is 0. The normalized spacial score (nSPS) is 14.8. The first-order valence-corrected chi connectivity index (χ1v) is 5.13. The van der Waals surface area contributed by atoms with Crippen LogP contribution >= 0.6 is 0 Å². The smallest absolute Gasteiger partial charge is 0.116 e. The van der Waals surface area contributed by atoms with Crippen molar-refractivity contribution in [1.29, 1.82) is 0 Å². The second-order valence-electron chi connectivity index (χ2n) is 3.88. The van der Waals surface area contributed by atoms with Crippen LogP contribution in [-0.4, -0.2) is 12.6 Å². The monoisotopic (exact) mass is 205 g/mol. The number of fused-ring (bicyclic) bond motifs is 5. The lowest BCUT2D eigenvalue weighted by Crippen LogP contribution is -2.11. The molecule has 0 unspecified atom stereocenters. The predicted molar refractivity (Wildman–Crippen MR) is 64.9 cm³/mol. The van der Waals surface area contributed by atoms with Gasteiger partial charge in [-0.05, 0) is 11.5 Å². The van der Waals surface area contributed by atoms with E-state index in [0.29, 0.717) is 0 Å². The summed E-state index contributed by atoms with van der Waals surface area (Å²) in [6, 6.07) is 8.28. The van der Waals surface area contributed by atoms with Crippen molar-refractivity contribution in [1.82, 2.24) is 0 Å². The summed E-state index contributed by atoms with van der Waals surface area (Å²) in [5.41, 5.74) is 2.12. The molecule has 0 spiro atoms. The first-order valence-electron chi connectivity index (χ1n) is 5.13. The Balaban J connectivity index is 2.31. The Morgan fingerprint density at radius 3 is 2.88 bits per heavy atom. The summed E-state index contributed by atoms with van der Waals surface area (Å²) >= 11 is 0. The van der Waals surface area contributed by atoms with Gasteiger partial charge in [-0.2, -0.15) is 0 Å². The fourth-order valence-corrected chi connectivity index (χ4v) is 2.26. The summed E-state index contributed by atoms with van der Waals surface area (Å²) in [7, 11) is 0. The van der Waals surface area contributed by atoms with E-state index in [2.05, 4.69) is 33.2 Å². The van der Waals surface area contributed by atoms with Crippen molar-refractivity contribution in [2.45, 2.75) is 0 Å². The SMILES string of the molecule is C1=NC=c2c1ccc1c3c(ccc21)N=CN=3. The second-order valence-corrected chi connectivity index (χ2v) is 3.88. The average molecular weight is 205 g/mol. The lowest BCUT2D eigenvalue weighted by molar-refractivity contribution is 1.50. The third-order valence-electron chi connectivity index (χ3n) is 3.03. The van der Waals surface area contributed by atoms with E-state index in [9.17, 15) is 0 Å². The summed E-state index contributed by atoms with van der Waals surface area (Å²) in [6.45, 7) is 0. The summed E-state index contributed by atoms with van der Waals surface area (Å²) in [5, 5.41) is 4.50. The first-order chi connectivity index (χ1) is 7.93. The van der Waals surface area contributed by atoms with Crippen molar-refractivity contribution in [2.24, 2.45) is 15.0 Å². The first kappa shape index (κ1) is 7.93. The molecule has 2 aliphatic rings. The molecule has 0 aliphatic carbocycles. The molecule has 16 heavy (non-hydrogen) atoms.